The van der Waals surface area contributed by atoms with Gasteiger partial charge in [0.25, 0.3) is 0 Å². The summed E-state index contributed by atoms with van der Waals surface area (Å²) < 4.78 is 5.70. The van der Waals surface area contributed by atoms with Gasteiger partial charge in [-0.2, -0.15) is 0 Å². The third-order valence-corrected chi connectivity index (χ3v) is 3.10. The van der Waals surface area contributed by atoms with E-state index in [2.05, 4.69) is 22.4 Å². The van der Waals surface area contributed by atoms with Crippen LogP contribution in [-0.2, 0) is 11.2 Å². The highest BCUT2D eigenvalue weighted by Crippen LogP contribution is 2.17. The summed E-state index contributed by atoms with van der Waals surface area (Å²) in [7, 11) is 1.99. The van der Waals surface area contributed by atoms with Crippen LogP contribution in [0.25, 0.3) is 0 Å². The van der Waals surface area contributed by atoms with E-state index in [1.807, 2.05) is 25.5 Å². The lowest BCUT2D eigenvalue weighted by atomic mass is 10.0. The van der Waals surface area contributed by atoms with Crippen molar-refractivity contribution in [1.29, 1.82) is 0 Å². The van der Waals surface area contributed by atoms with Crippen LogP contribution in [0.15, 0.2) is 36.4 Å². The van der Waals surface area contributed by atoms with Gasteiger partial charge in [0.2, 0.25) is 0 Å². The summed E-state index contributed by atoms with van der Waals surface area (Å²) in [6.45, 7) is 0.858. The van der Waals surface area contributed by atoms with E-state index in [1.54, 1.807) is 0 Å². The molecule has 1 N–H and O–H groups in total. The third kappa shape index (κ3) is 3.56. The van der Waals surface area contributed by atoms with Crippen molar-refractivity contribution < 1.29 is 4.74 Å². The van der Waals surface area contributed by atoms with Crippen molar-refractivity contribution in [3.63, 3.8) is 0 Å². The molecule has 0 amide bonds. The molecule has 17 heavy (non-hydrogen) atoms. The molecule has 1 aliphatic rings. The number of hydrogen-bond donors (Lipinski definition) is 1. The fourth-order valence-corrected chi connectivity index (χ4v) is 2.11. The number of pyridine rings is 1. The van der Waals surface area contributed by atoms with E-state index in [0.29, 0.717) is 6.04 Å². The number of likely N-dealkylation sites (N-methyl/N-ethyl adjacent to an activating group) is 1. The Morgan fingerprint density at radius 1 is 1.53 bits per heavy atom. The Hall–Kier alpha value is -1.35. The van der Waals surface area contributed by atoms with Gasteiger partial charge in [-0.05, 0) is 50.4 Å². The fourth-order valence-electron chi connectivity index (χ4n) is 2.11. The minimum absolute atomic E-state index is 0.329. The normalized spacial score (nSPS) is 17.1. The van der Waals surface area contributed by atoms with E-state index in [4.69, 9.17) is 4.74 Å². The summed E-state index contributed by atoms with van der Waals surface area (Å²) in [6, 6.07) is 4.44. The summed E-state index contributed by atoms with van der Waals surface area (Å²) in [5.74, 6) is 1.11. The molecule has 0 aromatic carbocycles. The first-order valence-corrected chi connectivity index (χ1v) is 6.29. The molecule has 3 nitrogen and oxygen atoms in total. The number of nitrogens with one attached hydrogen (secondary N) is 1. The zero-order valence-corrected chi connectivity index (χ0v) is 10.4. The topological polar surface area (TPSA) is 34.2 Å². The quantitative estimate of drug-likeness (QED) is 0.846. The van der Waals surface area contributed by atoms with Gasteiger partial charge in [0.1, 0.15) is 5.76 Å². The Labute approximate surface area is 103 Å². The van der Waals surface area contributed by atoms with Gasteiger partial charge in [-0.15, -0.1) is 0 Å². The molecule has 0 bridgehead atoms. The maximum atomic E-state index is 5.70. The molecule has 1 aromatic heterocycles. The molecule has 3 heteroatoms. The molecule has 1 unspecified atom stereocenters. The monoisotopic (exact) mass is 232 g/mol. The van der Waals surface area contributed by atoms with E-state index in [9.17, 15) is 0 Å². The van der Waals surface area contributed by atoms with Gasteiger partial charge in [0, 0.05) is 12.4 Å². The van der Waals surface area contributed by atoms with E-state index in [0.717, 1.165) is 38.0 Å². The van der Waals surface area contributed by atoms with Crippen molar-refractivity contribution in [2.75, 3.05) is 13.7 Å². The zero-order chi connectivity index (χ0) is 11.9. The van der Waals surface area contributed by atoms with Crippen LogP contribution in [0.5, 0.6) is 0 Å². The Balaban J connectivity index is 1.89. The Kier molecular flexibility index (Phi) is 4.56. The molecular weight excluding hydrogens is 212 g/mol. The van der Waals surface area contributed by atoms with Crippen molar-refractivity contribution in [1.82, 2.24) is 10.3 Å². The number of aryl methyl sites for hydroxylation is 1. The van der Waals surface area contributed by atoms with Gasteiger partial charge < -0.3 is 10.1 Å². The van der Waals surface area contributed by atoms with Crippen molar-refractivity contribution in [3.8, 4) is 0 Å². The highest BCUT2D eigenvalue weighted by Gasteiger charge is 2.15. The van der Waals surface area contributed by atoms with Crippen LogP contribution < -0.4 is 5.32 Å². The third-order valence-electron chi connectivity index (χ3n) is 3.10. The maximum absolute atomic E-state index is 5.70. The number of hydrogen-bond acceptors (Lipinski definition) is 3. The molecule has 0 spiro atoms. The smallest absolute Gasteiger partial charge is 0.109 e. The van der Waals surface area contributed by atoms with Gasteiger partial charge in [0.05, 0.1) is 12.6 Å². The second-order valence-corrected chi connectivity index (χ2v) is 4.34. The van der Waals surface area contributed by atoms with Crippen LogP contribution in [0, 0.1) is 0 Å². The summed E-state index contributed by atoms with van der Waals surface area (Å²) >= 11 is 0. The van der Waals surface area contributed by atoms with E-state index < -0.39 is 0 Å². The SMILES string of the molecule is CNC(CCc1cccnc1)C1=CCCCO1. The highest BCUT2D eigenvalue weighted by molar-refractivity contribution is 5.11. The second kappa shape index (κ2) is 6.40. The van der Waals surface area contributed by atoms with Crippen LogP contribution in [0.2, 0.25) is 0 Å². The summed E-state index contributed by atoms with van der Waals surface area (Å²) in [5, 5.41) is 3.33. The van der Waals surface area contributed by atoms with E-state index in [-0.39, 0.29) is 0 Å². The maximum Gasteiger partial charge on any atom is 0.109 e. The van der Waals surface area contributed by atoms with Crippen LogP contribution >= 0.6 is 0 Å². The number of nitrogens with zero attached hydrogens (tertiary/aromatic N) is 1. The first-order chi connectivity index (χ1) is 8.40. The standard InChI is InChI=1S/C14H20N2O/c1-15-13(14-6-2-3-10-17-14)8-7-12-5-4-9-16-11-12/h4-6,9,11,13,15H,2-3,7-8,10H2,1H3. The van der Waals surface area contributed by atoms with Crippen LogP contribution in [0.4, 0.5) is 0 Å². The lowest BCUT2D eigenvalue weighted by Crippen LogP contribution is -2.30. The molecule has 1 aromatic rings. The van der Waals surface area contributed by atoms with Crippen LogP contribution in [0.1, 0.15) is 24.8 Å². The zero-order valence-electron chi connectivity index (χ0n) is 10.4. The van der Waals surface area contributed by atoms with E-state index in [1.165, 1.54) is 5.56 Å². The first kappa shape index (κ1) is 12.1. The van der Waals surface area contributed by atoms with Crippen molar-refractivity contribution in [3.05, 3.63) is 41.9 Å². The van der Waals surface area contributed by atoms with Gasteiger partial charge in [-0.25, -0.2) is 0 Å². The van der Waals surface area contributed by atoms with Crippen LogP contribution in [-0.4, -0.2) is 24.7 Å². The van der Waals surface area contributed by atoms with E-state index >= 15 is 0 Å². The molecule has 0 saturated heterocycles. The number of ether oxygens (including phenoxy) is 1. The number of allylic oxidation sites excluding steroid dienone is 1. The average molecular weight is 232 g/mol. The summed E-state index contributed by atoms with van der Waals surface area (Å²) in [6.07, 6.45) is 10.3. The molecule has 1 atom stereocenters. The molecule has 0 fully saturated rings. The molecule has 2 heterocycles. The Morgan fingerprint density at radius 2 is 2.47 bits per heavy atom. The predicted molar refractivity (Wildman–Crippen MR) is 68.7 cm³/mol. The summed E-state index contributed by atoms with van der Waals surface area (Å²) in [5.41, 5.74) is 1.28. The Bertz CT molecular complexity index is 362. The second-order valence-electron chi connectivity index (χ2n) is 4.34. The molecule has 0 saturated carbocycles. The first-order valence-electron chi connectivity index (χ1n) is 6.29. The van der Waals surface area contributed by atoms with Crippen molar-refractivity contribution >= 4 is 0 Å². The van der Waals surface area contributed by atoms with Crippen molar-refractivity contribution in [2.45, 2.75) is 31.7 Å². The molecule has 0 radical (unpaired) electrons. The van der Waals surface area contributed by atoms with Crippen LogP contribution in [0.3, 0.4) is 0 Å². The largest absolute Gasteiger partial charge is 0.497 e. The fraction of sp³-hybridized carbons (Fsp3) is 0.500. The lowest BCUT2D eigenvalue weighted by molar-refractivity contribution is 0.167. The minimum Gasteiger partial charge on any atom is -0.497 e. The number of aromatic nitrogens is 1. The van der Waals surface area contributed by atoms with Gasteiger partial charge in [-0.3, -0.25) is 4.98 Å². The van der Waals surface area contributed by atoms with Gasteiger partial charge in [-0.1, -0.05) is 6.07 Å². The molecule has 2 rings (SSSR count). The van der Waals surface area contributed by atoms with Gasteiger partial charge in [0.15, 0.2) is 0 Å². The molecule has 1 aliphatic heterocycles. The molecule has 92 valence electrons. The highest BCUT2D eigenvalue weighted by atomic mass is 16.5. The average Bonchev–Trinajstić information content (AvgIpc) is 2.42. The molecule has 0 aliphatic carbocycles. The Morgan fingerprint density at radius 3 is 3.12 bits per heavy atom. The number of rotatable bonds is 5. The minimum atomic E-state index is 0.329. The molecular formula is C14H20N2O. The lowest BCUT2D eigenvalue weighted by Gasteiger charge is -2.23. The predicted octanol–water partition coefficient (Wildman–Crippen LogP) is 2.30. The summed E-state index contributed by atoms with van der Waals surface area (Å²) in [4.78, 5) is 4.13. The van der Waals surface area contributed by atoms with Crippen molar-refractivity contribution in [2.24, 2.45) is 0 Å². The van der Waals surface area contributed by atoms with Gasteiger partial charge >= 0.3 is 0 Å².